The summed E-state index contributed by atoms with van der Waals surface area (Å²) < 4.78 is 0. The Morgan fingerprint density at radius 1 is 1.18 bits per heavy atom. The highest BCUT2D eigenvalue weighted by Crippen LogP contribution is 2.26. The molecule has 0 spiro atoms. The van der Waals surface area contributed by atoms with Gasteiger partial charge in [0.05, 0.1) is 6.04 Å². The Balaban J connectivity index is 1.29. The first kappa shape index (κ1) is 19.1. The van der Waals surface area contributed by atoms with Gasteiger partial charge < -0.3 is 21.3 Å². The van der Waals surface area contributed by atoms with Crippen molar-refractivity contribution in [3.05, 3.63) is 30.3 Å². The van der Waals surface area contributed by atoms with Gasteiger partial charge in [0.1, 0.15) is 0 Å². The van der Waals surface area contributed by atoms with Gasteiger partial charge in [-0.25, -0.2) is 0 Å². The van der Waals surface area contributed by atoms with E-state index in [1.165, 1.54) is 0 Å². The Kier molecular flexibility index (Phi) is 5.77. The fraction of sp³-hybridized carbons (Fsp3) is 0.550. The van der Waals surface area contributed by atoms with Crippen LogP contribution in [0.2, 0.25) is 0 Å². The fourth-order valence-corrected chi connectivity index (χ4v) is 4.33. The number of para-hydroxylation sites is 1. The number of thiocarbonyl (C=S) groups is 1. The number of rotatable bonds is 6. The van der Waals surface area contributed by atoms with Crippen molar-refractivity contribution in [2.24, 2.45) is 0 Å². The molecule has 3 unspecified atom stereocenters. The van der Waals surface area contributed by atoms with Crippen molar-refractivity contribution >= 4 is 34.8 Å². The molecule has 4 N–H and O–H groups in total. The zero-order valence-corrected chi connectivity index (χ0v) is 16.6. The van der Waals surface area contributed by atoms with Gasteiger partial charge in [0, 0.05) is 43.3 Å². The largest absolute Gasteiger partial charge is 0.358 e. The van der Waals surface area contributed by atoms with Crippen LogP contribution in [0.4, 0.5) is 5.69 Å². The van der Waals surface area contributed by atoms with E-state index in [1.807, 2.05) is 30.3 Å². The first-order chi connectivity index (χ1) is 13.6. The van der Waals surface area contributed by atoms with Gasteiger partial charge >= 0.3 is 0 Å². The normalized spacial score (nSPS) is 26.9. The summed E-state index contributed by atoms with van der Waals surface area (Å²) >= 11 is 5.43. The smallest absolute Gasteiger partial charge is 0.237 e. The summed E-state index contributed by atoms with van der Waals surface area (Å²) in [5.41, 5.74) is 0.938. The van der Waals surface area contributed by atoms with Gasteiger partial charge in [0.15, 0.2) is 5.11 Å². The molecule has 28 heavy (non-hydrogen) atoms. The van der Waals surface area contributed by atoms with Crippen LogP contribution in [-0.4, -0.2) is 59.1 Å². The zero-order valence-electron chi connectivity index (χ0n) is 15.8. The average molecular weight is 402 g/mol. The lowest BCUT2D eigenvalue weighted by molar-refractivity contribution is -0.129. The third kappa shape index (κ3) is 4.80. The van der Waals surface area contributed by atoms with E-state index >= 15 is 0 Å². The lowest BCUT2D eigenvalue weighted by atomic mass is 10.0. The number of carbonyl (C=O) groups excluding carboxylic acids is 2. The van der Waals surface area contributed by atoms with Crippen LogP contribution >= 0.6 is 12.2 Å². The van der Waals surface area contributed by atoms with E-state index in [-0.39, 0.29) is 29.9 Å². The minimum atomic E-state index is -0.151. The van der Waals surface area contributed by atoms with E-state index in [4.69, 9.17) is 12.2 Å². The van der Waals surface area contributed by atoms with Crippen LogP contribution < -0.4 is 21.3 Å². The Morgan fingerprint density at radius 2 is 1.96 bits per heavy atom. The average Bonchev–Trinajstić information content (AvgIpc) is 3.38. The summed E-state index contributed by atoms with van der Waals surface area (Å²) in [6.07, 6.45) is 4.18. The van der Waals surface area contributed by atoms with Gasteiger partial charge in [-0.2, -0.15) is 0 Å². The number of anilines is 1. The van der Waals surface area contributed by atoms with E-state index in [2.05, 4.69) is 26.2 Å². The molecule has 4 rings (SSSR count). The minimum absolute atomic E-state index is 0.0740. The number of nitrogens with one attached hydrogen (secondary N) is 4. The number of fused-ring (bicyclic) bond motifs is 1. The van der Waals surface area contributed by atoms with Crippen LogP contribution in [0.1, 0.15) is 32.1 Å². The Labute approximate surface area is 170 Å². The summed E-state index contributed by atoms with van der Waals surface area (Å²) in [5, 5.41) is 13.1. The Hall–Kier alpha value is -2.19. The molecule has 3 fully saturated rings. The molecule has 1 saturated carbocycles. The van der Waals surface area contributed by atoms with Crippen LogP contribution in [0.5, 0.6) is 0 Å². The molecule has 2 saturated heterocycles. The molecule has 150 valence electrons. The minimum Gasteiger partial charge on any atom is -0.358 e. The van der Waals surface area contributed by atoms with E-state index in [9.17, 15) is 9.59 Å². The number of carbonyl (C=O) groups is 2. The number of nitrogens with zero attached hydrogens (tertiary/aromatic N) is 1. The number of amides is 2. The maximum Gasteiger partial charge on any atom is 0.237 e. The van der Waals surface area contributed by atoms with Crippen LogP contribution in [0, 0.1) is 0 Å². The van der Waals surface area contributed by atoms with Crippen molar-refractivity contribution in [1.29, 1.82) is 0 Å². The second-order valence-corrected chi connectivity index (χ2v) is 8.30. The molecule has 7 nitrogen and oxygen atoms in total. The second-order valence-electron chi connectivity index (χ2n) is 7.89. The van der Waals surface area contributed by atoms with E-state index in [0.717, 1.165) is 31.5 Å². The van der Waals surface area contributed by atoms with E-state index in [0.29, 0.717) is 30.5 Å². The zero-order chi connectivity index (χ0) is 19.5. The number of benzene rings is 1. The molecular formula is C20H27N5O2S. The summed E-state index contributed by atoms with van der Waals surface area (Å²) in [5.74, 6) is 0.197. The van der Waals surface area contributed by atoms with E-state index < -0.39 is 0 Å². The van der Waals surface area contributed by atoms with Crippen molar-refractivity contribution in [1.82, 2.24) is 20.9 Å². The molecule has 2 aliphatic heterocycles. The number of piperazine rings is 1. The second kappa shape index (κ2) is 8.45. The predicted molar refractivity (Wildman–Crippen MR) is 112 cm³/mol. The quantitative estimate of drug-likeness (QED) is 0.532. The summed E-state index contributed by atoms with van der Waals surface area (Å²) in [6.45, 7) is 1.36. The number of hydrogen-bond donors (Lipinski definition) is 4. The van der Waals surface area contributed by atoms with Crippen LogP contribution in [0.25, 0.3) is 0 Å². The predicted octanol–water partition coefficient (Wildman–Crippen LogP) is 0.973. The fourth-order valence-electron chi connectivity index (χ4n) is 4.05. The molecule has 2 heterocycles. The van der Waals surface area contributed by atoms with Crippen molar-refractivity contribution < 1.29 is 9.59 Å². The van der Waals surface area contributed by atoms with Gasteiger partial charge in [0.25, 0.3) is 0 Å². The molecule has 3 atom stereocenters. The van der Waals surface area contributed by atoms with Crippen LogP contribution in [0.3, 0.4) is 0 Å². The molecule has 1 aromatic carbocycles. The maximum atomic E-state index is 12.3. The van der Waals surface area contributed by atoms with Crippen molar-refractivity contribution in [3.8, 4) is 0 Å². The van der Waals surface area contributed by atoms with Crippen LogP contribution in [0.15, 0.2) is 30.3 Å². The van der Waals surface area contributed by atoms with Crippen molar-refractivity contribution in [3.63, 3.8) is 0 Å². The first-order valence-corrected chi connectivity index (χ1v) is 10.4. The standard InChI is InChI=1S/C20H27N5O2S/c26-18(22-14-6-7-14)9-8-16-11-21-19(27)17-10-15(12-25(16)17)24-20(28)23-13-4-2-1-3-5-13/h1-5,14-17H,6-12H2,(H,21,27)(H,22,26)(H2,23,24,28). The molecule has 1 aliphatic carbocycles. The van der Waals surface area contributed by atoms with Gasteiger partial charge in [-0.3, -0.25) is 14.5 Å². The van der Waals surface area contributed by atoms with Crippen molar-refractivity contribution in [2.75, 3.05) is 18.4 Å². The SMILES string of the molecule is O=C(CCC1CNC(=O)C2CC(NC(=S)Nc3ccccc3)CN12)NC1CC1. The topological polar surface area (TPSA) is 85.5 Å². The lowest BCUT2D eigenvalue weighted by Gasteiger charge is -2.37. The Morgan fingerprint density at radius 3 is 2.71 bits per heavy atom. The molecule has 2 amide bonds. The lowest BCUT2D eigenvalue weighted by Crippen LogP contribution is -2.58. The number of hydrogen-bond acceptors (Lipinski definition) is 4. The summed E-state index contributed by atoms with van der Waals surface area (Å²) in [7, 11) is 0. The molecule has 8 heteroatoms. The highest BCUT2D eigenvalue weighted by atomic mass is 32.1. The highest BCUT2D eigenvalue weighted by molar-refractivity contribution is 7.80. The molecule has 1 aromatic rings. The Bertz CT molecular complexity index is 739. The highest BCUT2D eigenvalue weighted by Gasteiger charge is 2.43. The van der Waals surface area contributed by atoms with Crippen LogP contribution in [-0.2, 0) is 9.59 Å². The molecule has 3 aliphatic rings. The third-order valence-electron chi connectivity index (χ3n) is 5.64. The van der Waals surface area contributed by atoms with E-state index in [1.54, 1.807) is 0 Å². The molecule has 0 aromatic heterocycles. The van der Waals surface area contributed by atoms with Gasteiger partial charge in [-0.15, -0.1) is 0 Å². The molecule has 0 bridgehead atoms. The van der Waals surface area contributed by atoms with Gasteiger partial charge in [0.2, 0.25) is 11.8 Å². The molecular weight excluding hydrogens is 374 g/mol. The maximum absolute atomic E-state index is 12.3. The first-order valence-electron chi connectivity index (χ1n) is 10.0. The summed E-state index contributed by atoms with van der Waals surface area (Å²) in [4.78, 5) is 26.6. The third-order valence-corrected chi connectivity index (χ3v) is 5.86. The monoisotopic (exact) mass is 401 g/mol. The molecule has 0 radical (unpaired) electrons. The van der Waals surface area contributed by atoms with Crippen molar-refractivity contribution in [2.45, 2.75) is 56.3 Å². The van der Waals surface area contributed by atoms with Gasteiger partial charge in [-0.05, 0) is 50.0 Å². The summed E-state index contributed by atoms with van der Waals surface area (Å²) in [6, 6.07) is 10.3. The van der Waals surface area contributed by atoms with Gasteiger partial charge in [-0.1, -0.05) is 18.2 Å².